The molecular weight excluding hydrogens is 382 g/mol. The van der Waals surface area contributed by atoms with Gasteiger partial charge in [-0.3, -0.25) is 9.59 Å². The summed E-state index contributed by atoms with van der Waals surface area (Å²) in [6.45, 7) is -0.224. The molecule has 0 spiro atoms. The van der Waals surface area contributed by atoms with Crippen LogP contribution in [0, 0.1) is 11.6 Å². The molecule has 2 aromatic carbocycles. The first-order valence-corrected chi connectivity index (χ1v) is 9.44. The van der Waals surface area contributed by atoms with Crippen molar-refractivity contribution in [3.8, 4) is 5.75 Å². The molecule has 1 aliphatic heterocycles. The molecule has 0 saturated heterocycles. The Hall–Kier alpha value is -3.01. The molecule has 0 bridgehead atoms. The van der Waals surface area contributed by atoms with Crippen molar-refractivity contribution in [1.82, 2.24) is 0 Å². The Morgan fingerprint density at radius 1 is 1.19 bits per heavy atom. The molecule has 2 N–H and O–H groups in total. The Labute approximate surface area is 153 Å². The van der Waals surface area contributed by atoms with Crippen LogP contribution in [0.4, 0.5) is 20.2 Å². The van der Waals surface area contributed by atoms with Crippen molar-refractivity contribution in [3.63, 3.8) is 0 Å². The van der Waals surface area contributed by atoms with Gasteiger partial charge in [-0.1, -0.05) is 0 Å². The van der Waals surface area contributed by atoms with E-state index in [0.29, 0.717) is 5.69 Å². The fraction of sp³-hybridized carbons (Fsp3) is 0.176. The summed E-state index contributed by atoms with van der Waals surface area (Å²) in [5.41, 5.74) is -0.0140. The second-order valence-electron chi connectivity index (χ2n) is 5.74. The second kappa shape index (κ2) is 7.31. The van der Waals surface area contributed by atoms with Gasteiger partial charge in [0.1, 0.15) is 17.4 Å². The lowest BCUT2D eigenvalue weighted by atomic mass is 10.2. The molecule has 10 heteroatoms. The van der Waals surface area contributed by atoms with Crippen LogP contribution >= 0.6 is 0 Å². The summed E-state index contributed by atoms with van der Waals surface area (Å²) in [5, 5.41) is 4.68. The van der Waals surface area contributed by atoms with E-state index in [1.807, 2.05) is 0 Å². The highest BCUT2D eigenvalue weighted by atomic mass is 32.2. The zero-order valence-electron chi connectivity index (χ0n) is 13.8. The van der Waals surface area contributed by atoms with Gasteiger partial charge in [-0.25, -0.2) is 17.2 Å². The van der Waals surface area contributed by atoms with Gasteiger partial charge in [-0.15, -0.1) is 0 Å². The lowest BCUT2D eigenvalue weighted by molar-refractivity contribution is -0.118. The molecule has 0 saturated carbocycles. The van der Waals surface area contributed by atoms with Gasteiger partial charge in [0.2, 0.25) is 5.91 Å². The monoisotopic (exact) mass is 396 g/mol. The molecule has 3 rings (SSSR count). The summed E-state index contributed by atoms with van der Waals surface area (Å²) in [6.07, 6.45) is -0.451. The number of ether oxygens (including phenoxy) is 1. The largest absolute Gasteiger partial charge is 0.482 e. The minimum Gasteiger partial charge on any atom is -0.482 e. The van der Waals surface area contributed by atoms with E-state index in [9.17, 15) is 26.8 Å². The smallest absolute Gasteiger partial charge is 0.262 e. The number of hydrogen-bond donors (Lipinski definition) is 2. The predicted octanol–water partition coefficient (Wildman–Crippen LogP) is 2.10. The van der Waals surface area contributed by atoms with Gasteiger partial charge in [0.25, 0.3) is 5.91 Å². The van der Waals surface area contributed by atoms with Crippen molar-refractivity contribution in [1.29, 1.82) is 0 Å². The second-order valence-corrected chi connectivity index (χ2v) is 7.85. The highest BCUT2D eigenvalue weighted by Crippen LogP contribution is 2.30. The van der Waals surface area contributed by atoms with E-state index in [2.05, 4.69) is 10.6 Å². The van der Waals surface area contributed by atoms with E-state index >= 15 is 0 Å². The van der Waals surface area contributed by atoms with Crippen LogP contribution < -0.4 is 15.4 Å². The summed E-state index contributed by atoms with van der Waals surface area (Å²) in [5.74, 6) is -3.02. The van der Waals surface area contributed by atoms with E-state index < -0.39 is 39.6 Å². The zero-order valence-corrected chi connectivity index (χ0v) is 14.6. The van der Waals surface area contributed by atoms with Gasteiger partial charge in [-0.2, -0.15) is 0 Å². The number of nitrogens with one attached hydrogen (secondary N) is 2. The van der Waals surface area contributed by atoms with Crippen molar-refractivity contribution < 1.29 is 31.5 Å². The Balaban J connectivity index is 1.67. The fourth-order valence-electron chi connectivity index (χ4n) is 2.40. The summed E-state index contributed by atoms with van der Waals surface area (Å²) in [4.78, 5) is 23.0. The summed E-state index contributed by atoms with van der Waals surface area (Å²) in [7, 11) is -3.83. The molecule has 2 aromatic rings. The number of amides is 2. The van der Waals surface area contributed by atoms with E-state index in [-0.39, 0.29) is 28.8 Å². The highest BCUT2D eigenvalue weighted by Gasteiger charge is 2.22. The van der Waals surface area contributed by atoms with Gasteiger partial charge in [0.15, 0.2) is 16.4 Å². The summed E-state index contributed by atoms with van der Waals surface area (Å²) < 4.78 is 56.6. The summed E-state index contributed by atoms with van der Waals surface area (Å²) in [6, 6.07) is 6.49. The van der Waals surface area contributed by atoms with Crippen molar-refractivity contribution in [2.24, 2.45) is 0 Å². The number of carbonyl (C=O) groups excluding carboxylic acids is 2. The number of rotatable bonds is 5. The van der Waals surface area contributed by atoms with Gasteiger partial charge < -0.3 is 15.4 Å². The van der Waals surface area contributed by atoms with E-state index in [1.54, 1.807) is 0 Å². The molecule has 0 aliphatic carbocycles. The first-order valence-electron chi connectivity index (χ1n) is 7.79. The Bertz CT molecular complexity index is 1020. The lowest BCUT2D eigenvalue weighted by Crippen LogP contribution is -2.25. The van der Waals surface area contributed by atoms with E-state index in [1.165, 1.54) is 18.2 Å². The van der Waals surface area contributed by atoms with Crippen LogP contribution in [0.2, 0.25) is 0 Å². The molecule has 2 amide bonds. The van der Waals surface area contributed by atoms with Crippen LogP contribution in [0.1, 0.15) is 6.42 Å². The molecule has 0 radical (unpaired) electrons. The summed E-state index contributed by atoms with van der Waals surface area (Å²) >= 11 is 0. The fourth-order valence-corrected chi connectivity index (χ4v) is 3.65. The van der Waals surface area contributed by atoms with Gasteiger partial charge in [-0.05, 0) is 24.3 Å². The average Bonchev–Trinajstić information content (AvgIpc) is 2.62. The molecule has 0 atom stereocenters. The maximum atomic E-state index is 13.5. The lowest BCUT2D eigenvalue weighted by Gasteiger charge is -2.18. The van der Waals surface area contributed by atoms with Crippen molar-refractivity contribution in [3.05, 3.63) is 48.0 Å². The maximum Gasteiger partial charge on any atom is 0.262 e. The number of anilines is 2. The maximum absolute atomic E-state index is 13.5. The molecule has 142 valence electrons. The SMILES string of the molecule is O=C(CCS(=O)(=O)c1ccc2c(c1)OCC(=O)N2)Nc1cc(F)ccc1F. The molecular formula is C17H14F2N2O5S. The molecule has 0 fully saturated rings. The van der Waals surface area contributed by atoms with Crippen molar-refractivity contribution in [2.75, 3.05) is 23.0 Å². The average molecular weight is 396 g/mol. The van der Waals surface area contributed by atoms with Gasteiger partial charge >= 0.3 is 0 Å². The third kappa shape index (κ3) is 4.40. The number of hydrogen-bond acceptors (Lipinski definition) is 5. The molecule has 27 heavy (non-hydrogen) atoms. The first-order chi connectivity index (χ1) is 12.7. The third-order valence-electron chi connectivity index (χ3n) is 3.75. The number of halogens is 2. The molecule has 7 nitrogen and oxygen atoms in total. The van der Waals surface area contributed by atoms with Crippen molar-refractivity contribution in [2.45, 2.75) is 11.3 Å². The standard InChI is InChI=1S/C17H14F2N2O5S/c18-10-1-3-12(19)14(7-10)21-16(22)5-6-27(24,25)11-2-4-13-15(8-11)26-9-17(23)20-13/h1-4,7-8H,5-6,9H2,(H,20,23)(H,21,22). The normalized spacial score (nSPS) is 13.3. The van der Waals surface area contributed by atoms with Crippen LogP contribution in [-0.2, 0) is 19.4 Å². The van der Waals surface area contributed by atoms with E-state index in [4.69, 9.17) is 4.74 Å². The number of carbonyl (C=O) groups is 2. The van der Waals surface area contributed by atoms with E-state index in [0.717, 1.165) is 18.2 Å². The molecule has 1 aliphatic rings. The number of sulfone groups is 1. The van der Waals surface area contributed by atoms with Gasteiger partial charge in [0.05, 0.1) is 22.0 Å². The van der Waals surface area contributed by atoms with Crippen LogP contribution in [0.15, 0.2) is 41.3 Å². The Morgan fingerprint density at radius 2 is 1.96 bits per heavy atom. The number of fused-ring (bicyclic) bond motifs is 1. The van der Waals surface area contributed by atoms with Crippen LogP contribution in [-0.4, -0.2) is 32.6 Å². The van der Waals surface area contributed by atoms with Crippen LogP contribution in [0.5, 0.6) is 5.75 Å². The Morgan fingerprint density at radius 3 is 2.74 bits per heavy atom. The first kappa shape index (κ1) is 18.8. The van der Waals surface area contributed by atoms with Crippen LogP contribution in [0.3, 0.4) is 0 Å². The zero-order chi connectivity index (χ0) is 19.6. The van der Waals surface area contributed by atoms with Crippen molar-refractivity contribution >= 4 is 33.0 Å². The van der Waals surface area contributed by atoms with Crippen LogP contribution in [0.25, 0.3) is 0 Å². The van der Waals surface area contributed by atoms with Gasteiger partial charge in [0, 0.05) is 18.6 Å². The Kier molecular flexibility index (Phi) is 5.08. The molecule has 0 aromatic heterocycles. The topological polar surface area (TPSA) is 102 Å². The number of benzene rings is 2. The predicted molar refractivity (Wildman–Crippen MR) is 92.2 cm³/mol. The minimum atomic E-state index is -3.83. The molecule has 1 heterocycles. The highest BCUT2D eigenvalue weighted by molar-refractivity contribution is 7.91. The third-order valence-corrected chi connectivity index (χ3v) is 5.46. The molecule has 0 unspecified atom stereocenters. The minimum absolute atomic E-state index is 0.0814. The quantitative estimate of drug-likeness (QED) is 0.806.